The van der Waals surface area contributed by atoms with Crippen LogP contribution in [0.25, 0.3) is 0 Å². The van der Waals surface area contributed by atoms with Crippen LogP contribution in [0, 0.1) is 23.5 Å². The predicted molar refractivity (Wildman–Crippen MR) is 179 cm³/mol. The van der Waals surface area contributed by atoms with Gasteiger partial charge in [-0.2, -0.15) is 8.61 Å². The Balaban J connectivity index is 0.000000185. The van der Waals surface area contributed by atoms with Crippen LogP contribution in [0.5, 0.6) is 11.5 Å². The second-order valence-electron chi connectivity index (χ2n) is 15.5. The molecule has 2 aromatic carbocycles. The first-order valence-corrected chi connectivity index (χ1v) is 19.5. The van der Waals surface area contributed by atoms with Gasteiger partial charge in [0.25, 0.3) is 0 Å². The van der Waals surface area contributed by atoms with E-state index in [-0.39, 0.29) is 35.9 Å². The topological polar surface area (TPSA) is 93.2 Å². The summed E-state index contributed by atoms with van der Waals surface area (Å²) in [6.45, 7) is 15.6. The highest BCUT2D eigenvalue weighted by Gasteiger charge is 2.43. The van der Waals surface area contributed by atoms with Crippen LogP contribution in [-0.2, 0) is 33.0 Å². The van der Waals surface area contributed by atoms with Gasteiger partial charge in [-0.25, -0.2) is 25.6 Å². The summed E-state index contributed by atoms with van der Waals surface area (Å²) in [5.41, 5.74) is 3.28. The van der Waals surface area contributed by atoms with Gasteiger partial charge >= 0.3 is 0 Å². The molecular weight excluding hydrogens is 647 g/mol. The molecule has 0 N–H and O–H groups in total. The largest absolute Gasteiger partial charge is 0.490 e. The van der Waals surface area contributed by atoms with E-state index in [4.69, 9.17) is 9.47 Å². The van der Waals surface area contributed by atoms with Crippen LogP contribution in [0.15, 0.2) is 24.3 Å². The van der Waals surface area contributed by atoms with Gasteiger partial charge in [0, 0.05) is 25.2 Å². The third kappa shape index (κ3) is 7.50. The lowest BCUT2D eigenvalue weighted by molar-refractivity contribution is 0.280. The van der Waals surface area contributed by atoms with Gasteiger partial charge < -0.3 is 9.47 Å². The molecular formula is C35H50F2N2O6S2. The van der Waals surface area contributed by atoms with Crippen LogP contribution in [0.4, 0.5) is 8.78 Å². The summed E-state index contributed by atoms with van der Waals surface area (Å²) in [6.07, 6.45) is 5.08. The fraction of sp³-hybridized carbons (Fsp3) is 0.657. The number of rotatable bonds is 8. The van der Waals surface area contributed by atoms with Gasteiger partial charge in [-0.1, -0.05) is 0 Å². The van der Waals surface area contributed by atoms with Crippen LogP contribution in [0.2, 0.25) is 0 Å². The summed E-state index contributed by atoms with van der Waals surface area (Å²) in [5, 5.41) is 0. The molecule has 4 aliphatic rings. The molecule has 0 radical (unpaired) electrons. The van der Waals surface area contributed by atoms with Crippen LogP contribution >= 0.6 is 0 Å². The van der Waals surface area contributed by atoms with E-state index in [0.29, 0.717) is 38.0 Å². The summed E-state index contributed by atoms with van der Waals surface area (Å²) >= 11 is 0. The number of benzene rings is 2. The van der Waals surface area contributed by atoms with Crippen molar-refractivity contribution in [2.45, 2.75) is 116 Å². The Morgan fingerprint density at radius 1 is 0.681 bits per heavy atom. The molecule has 2 heterocycles. The van der Waals surface area contributed by atoms with Crippen molar-refractivity contribution in [1.82, 2.24) is 8.61 Å². The molecule has 0 spiro atoms. The lowest BCUT2D eigenvalue weighted by atomic mass is 9.95. The van der Waals surface area contributed by atoms with Gasteiger partial charge in [-0.3, -0.25) is 0 Å². The lowest BCUT2D eigenvalue weighted by Crippen LogP contribution is -2.46. The van der Waals surface area contributed by atoms with E-state index in [2.05, 4.69) is 0 Å². The maximum absolute atomic E-state index is 14.2. The molecule has 0 bridgehead atoms. The second kappa shape index (κ2) is 12.9. The fourth-order valence-corrected chi connectivity index (χ4v) is 9.03. The monoisotopic (exact) mass is 696 g/mol. The molecule has 262 valence electrons. The van der Waals surface area contributed by atoms with Gasteiger partial charge in [-0.15, -0.1) is 0 Å². The van der Waals surface area contributed by atoms with Crippen LogP contribution in [0.3, 0.4) is 0 Å². The van der Waals surface area contributed by atoms with E-state index < -0.39 is 35.4 Å². The van der Waals surface area contributed by atoms with Gasteiger partial charge in [0.15, 0.2) is 23.1 Å². The standard InChI is InChI=1S/C18H26FNO3S.C17H24FNO3S/c1-12-15-10-17(23-11-13-5-6-13)16(19)9-14(15)7-8-20(12)24(21,22)18(2,3)4;1-11-14-8-16(22-10-12-5-6-12)15(18)7-13(14)9-19(11)23(20,21)17(2,3)4/h9-10,12-13H,5-8,11H2,1-4H3;7-8,11-12H,5-6,9-10H2,1-4H3/t12-;11-/m11/s1. The molecule has 2 aromatic rings. The molecule has 12 heteroatoms. The smallest absolute Gasteiger partial charge is 0.219 e. The molecule has 2 aliphatic carbocycles. The number of sulfonamides is 2. The van der Waals surface area contributed by atoms with E-state index in [1.165, 1.54) is 20.7 Å². The first kappa shape index (κ1) is 36.0. The van der Waals surface area contributed by atoms with Gasteiger partial charge in [-0.05, 0) is 146 Å². The van der Waals surface area contributed by atoms with Crippen LogP contribution in [0.1, 0.15) is 115 Å². The zero-order valence-corrected chi connectivity index (χ0v) is 30.5. The molecule has 0 unspecified atom stereocenters. The van der Waals surface area contributed by atoms with Gasteiger partial charge in [0.2, 0.25) is 20.0 Å². The highest BCUT2D eigenvalue weighted by molar-refractivity contribution is 7.90. The van der Waals surface area contributed by atoms with Crippen LogP contribution < -0.4 is 9.47 Å². The zero-order valence-electron chi connectivity index (χ0n) is 28.9. The van der Waals surface area contributed by atoms with Crippen molar-refractivity contribution in [2.24, 2.45) is 11.8 Å². The molecule has 8 nitrogen and oxygen atoms in total. The third-order valence-corrected chi connectivity index (χ3v) is 14.9. The van der Waals surface area contributed by atoms with Crippen molar-refractivity contribution in [3.8, 4) is 11.5 Å². The SMILES string of the molecule is C[C@@H]1c2cc(OCC3CC3)c(F)cc2CCN1S(=O)(=O)C(C)(C)C.C[C@@H]1c2cc(OCC3CC3)c(F)cc2CN1S(=O)(=O)C(C)(C)C. The second-order valence-corrected chi connectivity index (χ2v) is 20.8. The van der Waals surface area contributed by atoms with Crippen molar-refractivity contribution in [1.29, 1.82) is 0 Å². The van der Waals surface area contributed by atoms with Crippen LogP contribution in [-0.4, -0.2) is 54.7 Å². The van der Waals surface area contributed by atoms with E-state index >= 15 is 0 Å². The molecule has 2 saturated carbocycles. The molecule has 2 atom stereocenters. The van der Waals surface area contributed by atoms with E-state index in [0.717, 1.165) is 47.9 Å². The molecule has 2 fully saturated rings. The Morgan fingerprint density at radius 3 is 1.53 bits per heavy atom. The first-order chi connectivity index (χ1) is 21.7. The number of halogens is 2. The minimum absolute atomic E-state index is 0.218. The molecule has 2 aliphatic heterocycles. The molecule has 0 amide bonds. The maximum atomic E-state index is 14.2. The Hall–Kier alpha value is -2.28. The number of hydrogen-bond donors (Lipinski definition) is 0. The number of hydrogen-bond acceptors (Lipinski definition) is 6. The Labute approximate surface area is 279 Å². The molecule has 0 aromatic heterocycles. The van der Waals surface area contributed by atoms with Crippen molar-refractivity contribution in [3.63, 3.8) is 0 Å². The van der Waals surface area contributed by atoms with Crippen molar-refractivity contribution < 1.29 is 35.1 Å². The minimum Gasteiger partial charge on any atom is -0.490 e. The summed E-state index contributed by atoms with van der Waals surface area (Å²) in [4.78, 5) is 0. The molecule has 47 heavy (non-hydrogen) atoms. The normalized spacial score (nSPS) is 22.3. The Kier molecular flexibility index (Phi) is 9.87. The zero-order chi connectivity index (χ0) is 34.7. The summed E-state index contributed by atoms with van der Waals surface area (Å²) in [6, 6.07) is 5.68. The van der Waals surface area contributed by atoms with Gasteiger partial charge in [0.05, 0.1) is 22.7 Å². The summed E-state index contributed by atoms with van der Waals surface area (Å²) in [7, 11) is -6.90. The quantitative estimate of drug-likeness (QED) is 0.288. The average Bonchev–Trinajstić information content (AvgIpc) is 3.89. The Morgan fingerprint density at radius 2 is 1.09 bits per heavy atom. The maximum Gasteiger partial charge on any atom is 0.219 e. The number of ether oxygens (including phenoxy) is 2. The molecule has 6 rings (SSSR count). The molecule has 0 saturated heterocycles. The van der Waals surface area contributed by atoms with E-state index in [1.54, 1.807) is 53.7 Å². The van der Waals surface area contributed by atoms with Crippen molar-refractivity contribution >= 4 is 20.0 Å². The highest BCUT2D eigenvalue weighted by atomic mass is 32.2. The summed E-state index contributed by atoms with van der Waals surface area (Å²) < 4.78 is 92.0. The fourth-order valence-electron chi connectivity index (χ4n) is 5.92. The number of nitrogens with zero attached hydrogens (tertiary/aromatic N) is 2. The third-order valence-electron chi connectivity index (χ3n) is 9.59. The average molecular weight is 697 g/mol. The first-order valence-electron chi connectivity index (χ1n) is 16.7. The predicted octanol–water partition coefficient (Wildman–Crippen LogP) is 7.28. The Bertz CT molecular complexity index is 1710. The van der Waals surface area contributed by atoms with E-state index in [9.17, 15) is 25.6 Å². The van der Waals surface area contributed by atoms with Crippen molar-refractivity contribution in [2.75, 3.05) is 19.8 Å². The van der Waals surface area contributed by atoms with Gasteiger partial charge in [0.1, 0.15) is 0 Å². The minimum atomic E-state index is -3.46. The van der Waals surface area contributed by atoms with E-state index in [1.807, 2.05) is 13.8 Å². The van der Waals surface area contributed by atoms with Crippen molar-refractivity contribution in [3.05, 3.63) is 58.2 Å². The summed E-state index contributed by atoms with van der Waals surface area (Å²) in [5.74, 6) is 0.786. The highest BCUT2D eigenvalue weighted by Crippen LogP contribution is 2.42. The lowest BCUT2D eigenvalue weighted by Gasteiger charge is -2.38. The number of fused-ring (bicyclic) bond motifs is 2.